The highest BCUT2D eigenvalue weighted by atomic mass is 16.2. The van der Waals surface area contributed by atoms with Crippen molar-refractivity contribution in [3.8, 4) is 0 Å². The van der Waals surface area contributed by atoms with Crippen molar-refractivity contribution in [2.45, 2.75) is 32.9 Å². The van der Waals surface area contributed by atoms with Crippen LogP contribution in [0.5, 0.6) is 0 Å². The molecule has 2 aromatic carbocycles. The summed E-state index contributed by atoms with van der Waals surface area (Å²) in [5.41, 5.74) is 3.16. The van der Waals surface area contributed by atoms with Gasteiger partial charge in [0.2, 0.25) is 0 Å². The van der Waals surface area contributed by atoms with E-state index in [-0.39, 0.29) is 18.0 Å². The van der Waals surface area contributed by atoms with Crippen LogP contribution in [0.4, 0.5) is 5.69 Å². The van der Waals surface area contributed by atoms with E-state index in [1.54, 1.807) is 6.07 Å². The molecule has 0 radical (unpaired) electrons. The predicted octanol–water partition coefficient (Wildman–Crippen LogP) is 3.80. The molecule has 0 aliphatic carbocycles. The number of rotatable bonds is 7. The Kier molecular flexibility index (Phi) is 5.56. The Hall–Kier alpha value is -2.82. The first-order valence-electron chi connectivity index (χ1n) is 9.20. The van der Waals surface area contributed by atoms with Gasteiger partial charge in [-0.15, -0.1) is 0 Å². The van der Waals surface area contributed by atoms with E-state index in [9.17, 15) is 9.59 Å². The van der Waals surface area contributed by atoms with Gasteiger partial charge in [-0.3, -0.25) is 9.59 Å². The quantitative estimate of drug-likeness (QED) is 0.797. The zero-order chi connectivity index (χ0) is 18.5. The van der Waals surface area contributed by atoms with Crippen LogP contribution in [-0.2, 0) is 0 Å². The Bertz CT molecular complexity index is 803. The smallest absolute Gasteiger partial charge is 0.256 e. The van der Waals surface area contributed by atoms with Crippen LogP contribution in [0.1, 0.15) is 59.1 Å². The number of fused-ring (bicyclic) bond motifs is 1. The Morgan fingerprint density at radius 3 is 2.65 bits per heavy atom. The minimum atomic E-state index is -0.215. The first kappa shape index (κ1) is 18.0. The summed E-state index contributed by atoms with van der Waals surface area (Å²) in [6, 6.07) is 15.1. The summed E-state index contributed by atoms with van der Waals surface area (Å²) in [7, 11) is 0. The number of hydrogen-bond donors (Lipinski definition) is 2. The molecule has 0 bridgehead atoms. The van der Waals surface area contributed by atoms with Gasteiger partial charge in [0.25, 0.3) is 11.8 Å². The molecule has 1 heterocycles. The Labute approximate surface area is 154 Å². The van der Waals surface area contributed by atoms with Crippen molar-refractivity contribution in [2.24, 2.45) is 0 Å². The molecule has 0 saturated carbocycles. The van der Waals surface area contributed by atoms with Crippen LogP contribution in [0.3, 0.4) is 0 Å². The van der Waals surface area contributed by atoms with Gasteiger partial charge in [-0.2, -0.15) is 0 Å². The van der Waals surface area contributed by atoms with E-state index in [4.69, 9.17) is 0 Å². The summed E-state index contributed by atoms with van der Waals surface area (Å²) in [5, 5.41) is 6.33. The van der Waals surface area contributed by atoms with E-state index in [1.807, 2.05) is 54.3 Å². The standard InChI is InChI=1S/C21H25N3O2/c1-3-12-22-20(25)15-8-7-9-16(14-15)23-19-17-10-5-6-11-18(17)21(26)24(19)13-4-2/h5-11,14,19,23H,3-4,12-13H2,1-2H3,(H,22,25). The SMILES string of the molecule is CCCNC(=O)c1cccc(NC2c3ccccc3C(=O)N2CCC)c1. The molecule has 0 spiro atoms. The molecule has 2 amide bonds. The molecule has 5 nitrogen and oxygen atoms in total. The molecule has 0 saturated heterocycles. The van der Waals surface area contributed by atoms with Gasteiger partial charge in [0.15, 0.2) is 0 Å². The van der Waals surface area contributed by atoms with E-state index in [0.29, 0.717) is 18.7 Å². The van der Waals surface area contributed by atoms with Crippen molar-refractivity contribution < 1.29 is 9.59 Å². The number of nitrogens with zero attached hydrogens (tertiary/aromatic N) is 1. The van der Waals surface area contributed by atoms with Crippen LogP contribution in [0.2, 0.25) is 0 Å². The molecule has 1 unspecified atom stereocenters. The van der Waals surface area contributed by atoms with Crippen molar-refractivity contribution in [1.29, 1.82) is 0 Å². The van der Waals surface area contributed by atoms with E-state index >= 15 is 0 Å². The molecule has 0 fully saturated rings. The fourth-order valence-electron chi connectivity index (χ4n) is 3.25. The highest BCUT2D eigenvalue weighted by Gasteiger charge is 2.35. The largest absolute Gasteiger partial charge is 0.361 e. The molecule has 1 aliphatic heterocycles. The van der Waals surface area contributed by atoms with Gasteiger partial charge in [-0.05, 0) is 37.1 Å². The normalized spacial score (nSPS) is 15.7. The fourth-order valence-corrected chi connectivity index (χ4v) is 3.25. The molecule has 1 atom stereocenters. The van der Waals surface area contributed by atoms with Crippen LogP contribution in [0.25, 0.3) is 0 Å². The number of amides is 2. The third-order valence-electron chi connectivity index (χ3n) is 4.49. The van der Waals surface area contributed by atoms with Crippen LogP contribution in [0.15, 0.2) is 48.5 Å². The maximum Gasteiger partial charge on any atom is 0.256 e. The Morgan fingerprint density at radius 1 is 1.08 bits per heavy atom. The van der Waals surface area contributed by atoms with Crippen molar-refractivity contribution >= 4 is 17.5 Å². The first-order valence-corrected chi connectivity index (χ1v) is 9.20. The second-order valence-electron chi connectivity index (χ2n) is 6.47. The third kappa shape index (κ3) is 3.57. The van der Waals surface area contributed by atoms with Gasteiger partial charge in [-0.1, -0.05) is 38.1 Å². The lowest BCUT2D eigenvalue weighted by molar-refractivity contribution is 0.0742. The molecule has 0 aromatic heterocycles. The van der Waals surface area contributed by atoms with E-state index in [0.717, 1.165) is 29.7 Å². The van der Waals surface area contributed by atoms with Crippen molar-refractivity contribution in [3.05, 3.63) is 65.2 Å². The van der Waals surface area contributed by atoms with Crippen molar-refractivity contribution in [1.82, 2.24) is 10.2 Å². The van der Waals surface area contributed by atoms with E-state index in [1.165, 1.54) is 0 Å². The fraction of sp³-hybridized carbons (Fsp3) is 0.333. The average molecular weight is 351 g/mol. The number of carbonyl (C=O) groups excluding carboxylic acids is 2. The van der Waals surface area contributed by atoms with Crippen molar-refractivity contribution in [3.63, 3.8) is 0 Å². The molecule has 1 aliphatic rings. The lowest BCUT2D eigenvalue weighted by Gasteiger charge is -2.27. The van der Waals surface area contributed by atoms with Crippen LogP contribution in [-0.4, -0.2) is 29.8 Å². The summed E-state index contributed by atoms with van der Waals surface area (Å²) >= 11 is 0. The molecular weight excluding hydrogens is 326 g/mol. The lowest BCUT2D eigenvalue weighted by atomic mass is 10.1. The van der Waals surface area contributed by atoms with Gasteiger partial charge >= 0.3 is 0 Å². The second kappa shape index (κ2) is 8.04. The molecule has 5 heteroatoms. The van der Waals surface area contributed by atoms with E-state index in [2.05, 4.69) is 17.6 Å². The summed E-state index contributed by atoms with van der Waals surface area (Å²) in [6.45, 7) is 5.42. The maximum absolute atomic E-state index is 12.7. The van der Waals surface area contributed by atoms with Crippen LogP contribution >= 0.6 is 0 Å². The van der Waals surface area contributed by atoms with E-state index < -0.39 is 0 Å². The lowest BCUT2D eigenvalue weighted by Crippen LogP contribution is -2.33. The third-order valence-corrected chi connectivity index (χ3v) is 4.49. The Balaban J connectivity index is 1.85. The molecule has 2 N–H and O–H groups in total. The summed E-state index contributed by atoms with van der Waals surface area (Å²) in [5.74, 6) is -0.0272. The first-order chi connectivity index (χ1) is 12.7. The zero-order valence-electron chi connectivity index (χ0n) is 15.3. The average Bonchev–Trinajstić information content (AvgIpc) is 2.93. The molecular formula is C21H25N3O2. The predicted molar refractivity (Wildman–Crippen MR) is 103 cm³/mol. The number of nitrogens with one attached hydrogen (secondary N) is 2. The van der Waals surface area contributed by atoms with Gasteiger partial charge < -0.3 is 15.5 Å². The highest BCUT2D eigenvalue weighted by Crippen LogP contribution is 2.34. The number of hydrogen-bond acceptors (Lipinski definition) is 3. The van der Waals surface area contributed by atoms with Crippen molar-refractivity contribution in [2.75, 3.05) is 18.4 Å². The van der Waals surface area contributed by atoms with Gasteiger partial charge in [0, 0.05) is 35.5 Å². The highest BCUT2D eigenvalue weighted by molar-refractivity contribution is 5.99. The Morgan fingerprint density at radius 2 is 1.88 bits per heavy atom. The molecule has 136 valence electrons. The number of carbonyl (C=O) groups is 2. The van der Waals surface area contributed by atoms with Gasteiger partial charge in [0.1, 0.15) is 6.17 Å². The van der Waals surface area contributed by atoms with Gasteiger partial charge in [0.05, 0.1) is 0 Å². The number of anilines is 1. The number of benzene rings is 2. The second-order valence-corrected chi connectivity index (χ2v) is 6.47. The van der Waals surface area contributed by atoms with Gasteiger partial charge in [-0.25, -0.2) is 0 Å². The molecule has 2 aromatic rings. The maximum atomic E-state index is 12.7. The summed E-state index contributed by atoms with van der Waals surface area (Å²) in [6.07, 6.45) is 1.57. The minimum Gasteiger partial charge on any atom is -0.361 e. The monoisotopic (exact) mass is 351 g/mol. The zero-order valence-corrected chi connectivity index (χ0v) is 15.3. The van der Waals surface area contributed by atoms with Crippen LogP contribution < -0.4 is 10.6 Å². The summed E-state index contributed by atoms with van der Waals surface area (Å²) < 4.78 is 0. The molecule has 3 rings (SSSR count). The molecule has 26 heavy (non-hydrogen) atoms. The minimum absolute atomic E-state index is 0.0526. The van der Waals surface area contributed by atoms with Crippen LogP contribution in [0, 0.1) is 0 Å². The topological polar surface area (TPSA) is 61.4 Å². The summed E-state index contributed by atoms with van der Waals surface area (Å²) in [4.78, 5) is 26.8.